The monoisotopic (exact) mass is 282 g/mol. The second-order valence-corrected chi connectivity index (χ2v) is 6.52. The summed E-state index contributed by atoms with van der Waals surface area (Å²) in [5.41, 5.74) is 2.37. The number of anilines is 1. The fourth-order valence-corrected chi connectivity index (χ4v) is 3.23. The van der Waals surface area contributed by atoms with Crippen molar-refractivity contribution < 1.29 is 4.39 Å². The van der Waals surface area contributed by atoms with E-state index in [1.54, 1.807) is 0 Å². The Labute approximate surface area is 124 Å². The molecule has 1 fully saturated rings. The Bertz CT molecular complexity index is 762. The first kappa shape index (κ1) is 12.9. The highest BCUT2D eigenvalue weighted by molar-refractivity contribution is 6.34. The molecule has 2 aromatic rings. The van der Waals surface area contributed by atoms with Crippen molar-refractivity contribution in [3.63, 3.8) is 0 Å². The molecule has 0 saturated heterocycles. The van der Waals surface area contributed by atoms with Crippen molar-refractivity contribution in [2.24, 2.45) is 0 Å². The number of benzene rings is 1. The van der Waals surface area contributed by atoms with E-state index in [1.165, 1.54) is 6.07 Å². The van der Waals surface area contributed by atoms with Crippen LogP contribution in [0.15, 0.2) is 6.07 Å². The highest BCUT2D eigenvalue weighted by Gasteiger charge is 2.39. The predicted molar refractivity (Wildman–Crippen MR) is 80.1 cm³/mol. The number of nitrogens with zero attached hydrogens (tertiary/aromatic N) is 3. The summed E-state index contributed by atoms with van der Waals surface area (Å²) in [5, 5.41) is 11.7. The summed E-state index contributed by atoms with van der Waals surface area (Å²) in [5.74, 6) is 1.64. The maximum atomic E-state index is 14.5. The van der Waals surface area contributed by atoms with Crippen molar-refractivity contribution in [3.8, 4) is 5.69 Å². The van der Waals surface area contributed by atoms with Crippen molar-refractivity contribution >= 4 is 19.0 Å². The Balaban J connectivity index is 2.11. The molecule has 0 spiro atoms. The molecule has 1 saturated carbocycles. The first-order valence-electron chi connectivity index (χ1n) is 7.23. The molecule has 1 aliphatic heterocycles. The molecular formula is C15H16BFN4. The summed E-state index contributed by atoms with van der Waals surface area (Å²) < 4.78 is 16.4. The third-order valence-electron chi connectivity index (χ3n) is 4.35. The average Bonchev–Trinajstić information content (AvgIpc) is 3.14. The summed E-state index contributed by atoms with van der Waals surface area (Å²) in [6.07, 6.45) is 2.20. The average molecular weight is 282 g/mol. The van der Waals surface area contributed by atoms with Crippen LogP contribution >= 0.6 is 0 Å². The maximum absolute atomic E-state index is 14.5. The third-order valence-corrected chi connectivity index (χ3v) is 4.35. The number of rotatable bonds is 1. The van der Waals surface area contributed by atoms with Crippen molar-refractivity contribution in [2.45, 2.75) is 45.1 Å². The zero-order valence-electron chi connectivity index (χ0n) is 12.4. The zero-order valence-corrected chi connectivity index (χ0v) is 12.4. The van der Waals surface area contributed by atoms with Gasteiger partial charge in [0, 0.05) is 0 Å². The molecule has 1 aliphatic carbocycles. The van der Waals surface area contributed by atoms with E-state index in [2.05, 4.69) is 15.5 Å². The quantitative estimate of drug-likeness (QED) is 0.814. The van der Waals surface area contributed by atoms with E-state index in [1.807, 2.05) is 25.3 Å². The summed E-state index contributed by atoms with van der Waals surface area (Å²) >= 11 is 0. The van der Waals surface area contributed by atoms with Gasteiger partial charge in [0.1, 0.15) is 19.5 Å². The largest absolute Gasteiger partial charge is 0.369 e. The minimum absolute atomic E-state index is 0.321. The Kier molecular flexibility index (Phi) is 2.37. The number of hydrogen-bond acceptors (Lipinski definition) is 3. The molecule has 1 N–H and O–H groups in total. The molecule has 0 amide bonds. The molecule has 2 heterocycles. The van der Waals surface area contributed by atoms with E-state index in [4.69, 9.17) is 7.85 Å². The van der Waals surface area contributed by atoms with Gasteiger partial charge in [-0.25, -0.2) is 4.39 Å². The molecule has 21 heavy (non-hydrogen) atoms. The van der Waals surface area contributed by atoms with Gasteiger partial charge in [-0.15, -0.1) is 10.2 Å². The van der Waals surface area contributed by atoms with Crippen LogP contribution in [0.5, 0.6) is 0 Å². The standard InChI is InChI=1S/C15H16BFN4/c1-7-19-20-14-15(2,3)18-12-10(17)6-9(16)11(8-4-5-8)13(12)21(7)14/h6,8,18H,4-5H2,1-3H3. The Hall–Kier alpha value is -1.85. The molecule has 1 aromatic heterocycles. The lowest BCUT2D eigenvalue weighted by molar-refractivity contribution is 0.521. The Morgan fingerprint density at radius 2 is 2.10 bits per heavy atom. The van der Waals surface area contributed by atoms with Gasteiger partial charge in [-0.2, -0.15) is 0 Å². The van der Waals surface area contributed by atoms with Gasteiger partial charge in [0.25, 0.3) is 0 Å². The summed E-state index contributed by atoms with van der Waals surface area (Å²) in [6, 6.07) is 1.43. The van der Waals surface area contributed by atoms with Crippen LogP contribution in [0.25, 0.3) is 5.69 Å². The number of aromatic nitrogens is 3. The van der Waals surface area contributed by atoms with Crippen LogP contribution < -0.4 is 10.8 Å². The SMILES string of the molecule is [B]c1cc(F)c2c(c1C1CC1)-n1c(C)nnc1C(C)(C)N2. The second kappa shape index (κ2) is 3.87. The van der Waals surface area contributed by atoms with Gasteiger partial charge in [0.15, 0.2) is 5.82 Å². The Morgan fingerprint density at radius 1 is 1.38 bits per heavy atom. The number of fused-ring (bicyclic) bond motifs is 3. The number of halogens is 1. The van der Waals surface area contributed by atoms with Crippen LogP contribution in [0, 0.1) is 12.7 Å². The molecule has 0 unspecified atom stereocenters. The topological polar surface area (TPSA) is 42.7 Å². The van der Waals surface area contributed by atoms with Crippen LogP contribution in [0.3, 0.4) is 0 Å². The first-order chi connectivity index (χ1) is 9.90. The van der Waals surface area contributed by atoms with Crippen LogP contribution in [0.2, 0.25) is 0 Å². The summed E-state index contributed by atoms with van der Waals surface area (Å²) in [4.78, 5) is 0. The van der Waals surface area contributed by atoms with Crippen LogP contribution in [0.1, 0.15) is 49.8 Å². The van der Waals surface area contributed by atoms with Gasteiger partial charge < -0.3 is 5.32 Å². The zero-order chi connectivity index (χ0) is 14.9. The van der Waals surface area contributed by atoms with E-state index in [0.29, 0.717) is 17.1 Å². The molecule has 2 radical (unpaired) electrons. The van der Waals surface area contributed by atoms with E-state index in [9.17, 15) is 4.39 Å². The van der Waals surface area contributed by atoms with Crippen molar-refractivity contribution in [2.75, 3.05) is 5.32 Å². The molecule has 106 valence electrons. The molecule has 0 bridgehead atoms. The van der Waals surface area contributed by atoms with Gasteiger partial charge >= 0.3 is 0 Å². The van der Waals surface area contributed by atoms with Gasteiger partial charge in [0.2, 0.25) is 0 Å². The smallest absolute Gasteiger partial charge is 0.162 e. The van der Waals surface area contributed by atoms with Crippen LogP contribution in [-0.4, -0.2) is 22.6 Å². The minimum atomic E-state index is -0.480. The number of nitrogens with one attached hydrogen (secondary N) is 1. The minimum Gasteiger partial charge on any atom is -0.369 e. The van der Waals surface area contributed by atoms with Gasteiger partial charge in [-0.1, -0.05) is 5.46 Å². The van der Waals surface area contributed by atoms with Gasteiger partial charge in [0.05, 0.1) is 16.9 Å². The number of hydrogen-bond donors (Lipinski definition) is 1. The lowest BCUT2D eigenvalue weighted by Crippen LogP contribution is -2.38. The van der Waals surface area contributed by atoms with Gasteiger partial charge in [-0.05, 0) is 51.2 Å². The lowest BCUT2D eigenvalue weighted by atomic mass is 9.84. The second-order valence-electron chi connectivity index (χ2n) is 6.52. The highest BCUT2D eigenvalue weighted by Crippen LogP contribution is 2.47. The van der Waals surface area contributed by atoms with Crippen LogP contribution in [-0.2, 0) is 5.54 Å². The fraction of sp³-hybridized carbons (Fsp3) is 0.467. The Morgan fingerprint density at radius 3 is 2.76 bits per heavy atom. The van der Waals surface area contributed by atoms with Crippen molar-refractivity contribution in [3.05, 3.63) is 29.1 Å². The van der Waals surface area contributed by atoms with E-state index >= 15 is 0 Å². The molecule has 0 atom stereocenters. The van der Waals surface area contributed by atoms with Crippen LogP contribution in [0.4, 0.5) is 10.1 Å². The molecular weight excluding hydrogens is 266 g/mol. The normalized spacial score (nSPS) is 18.9. The fourth-order valence-electron chi connectivity index (χ4n) is 3.23. The van der Waals surface area contributed by atoms with Crippen molar-refractivity contribution in [1.82, 2.24) is 14.8 Å². The summed E-state index contributed by atoms with van der Waals surface area (Å²) in [7, 11) is 6.11. The molecule has 6 heteroatoms. The predicted octanol–water partition coefficient (Wildman–Crippen LogP) is 2.05. The summed E-state index contributed by atoms with van der Waals surface area (Å²) in [6.45, 7) is 5.84. The molecule has 4 nitrogen and oxygen atoms in total. The third kappa shape index (κ3) is 1.68. The lowest BCUT2D eigenvalue weighted by Gasteiger charge is -2.35. The molecule has 1 aromatic carbocycles. The van der Waals surface area contributed by atoms with E-state index < -0.39 is 5.54 Å². The maximum Gasteiger partial charge on any atom is 0.162 e. The van der Waals surface area contributed by atoms with Gasteiger partial charge in [-0.3, -0.25) is 4.57 Å². The van der Waals surface area contributed by atoms with E-state index in [0.717, 1.165) is 35.7 Å². The number of aryl methyl sites for hydroxylation is 1. The van der Waals surface area contributed by atoms with E-state index in [-0.39, 0.29) is 5.82 Å². The first-order valence-corrected chi connectivity index (χ1v) is 7.23. The van der Waals surface area contributed by atoms with Crippen molar-refractivity contribution in [1.29, 1.82) is 0 Å². The molecule has 2 aliphatic rings. The highest BCUT2D eigenvalue weighted by atomic mass is 19.1. The molecule has 4 rings (SSSR count).